The van der Waals surface area contributed by atoms with Crippen molar-refractivity contribution in [2.45, 2.75) is 0 Å². The Morgan fingerprint density at radius 2 is 1.79 bits per heavy atom. The van der Waals surface area contributed by atoms with Gasteiger partial charge >= 0.3 is 6.03 Å². The molecule has 0 saturated heterocycles. The second-order valence-corrected chi connectivity index (χ2v) is 7.24. The third kappa shape index (κ3) is 3.85. The lowest BCUT2D eigenvalue weighted by atomic mass is 10.2. The molecule has 8 heteroatoms. The van der Waals surface area contributed by atoms with Gasteiger partial charge in [0.1, 0.15) is 9.92 Å². The van der Waals surface area contributed by atoms with Gasteiger partial charge in [-0.15, -0.1) is 0 Å². The molecule has 2 aromatic carbocycles. The molecule has 2 amide bonds. The van der Waals surface area contributed by atoms with Crippen LogP contribution in [0.25, 0.3) is 10.9 Å². The minimum absolute atomic E-state index is 0.340. The molecule has 0 saturated carbocycles. The number of aromatic nitrogens is 1. The monoisotopic (exact) mass is 343 g/mol. The second kappa shape index (κ2) is 6.25. The summed E-state index contributed by atoms with van der Waals surface area (Å²) in [7, 11) is -2.85. The van der Waals surface area contributed by atoms with E-state index in [9.17, 15) is 9.00 Å². The number of para-hydroxylation sites is 1. The average molecular weight is 343 g/mol. The first kappa shape index (κ1) is 15.9. The van der Waals surface area contributed by atoms with E-state index in [-0.39, 0.29) is 6.03 Å². The minimum Gasteiger partial charge on any atom is -0.359 e. The molecule has 3 aromatic rings. The number of hydrogen-bond acceptors (Lipinski definition) is 3. The summed E-state index contributed by atoms with van der Waals surface area (Å²) >= 11 is 0. The Labute approximate surface area is 139 Å². The number of benzene rings is 2. The van der Waals surface area contributed by atoms with Crippen LogP contribution < -0.4 is 15.4 Å². The molecule has 1 atom stereocenters. The smallest absolute Gasteiger partial charge is 0.323 e. The molecule has 0 aliphatic rings. The maximum absolute atomic E-state index is 12.0. The number of aromatic amines is 1. The average Bonchev–Trinajstić information content (AvgIpc) is 2.88. The molecule has 0 bridgehead atoms. The zero-order chi connectivity index (χ0) is 17.2. The van der Waals surface area contributed by atoms with Crippen molar-refractivity contribution in [2.24, 2.45) is 0 Å². The number of anilines is 3. The van der Waals surface area contributed by atoms with Crippen LogP contribution in [0.4, 0.5) is 21.9 Å². The van der Waals surface area contributed by atoms with Crippen molar-refractivity contribution in [1.82, 2.24) is 4.98 Å². The number of hydrogen-bond donors (Lipinski definition) is 5. The molecule has 0 aliphatic carbocycles. The molecule has 5 N–H and O–H groups in total. The number of fused-ring (bicyclic) bond motifs is 1. The maximum atomic E-state index is 12.0. The van der Waals surface area contributed by atoms with Gasteiger partial charge in [-0.25, -0.2) is 13.8 Å². The summed E-state index contributed by atoms with van der Waals surface area (Å²) in [4.78, 5) is 15.0. The number of rotatable bonds is 4. The Morgan fingerprint density at radius 1 is 1.08 bits per heavy atom. The standard InChI is InChI=1S/C16H17N5O2S/c1-24(17,23)21-15-10-18-14-9-12(7-8-13(14)15)20-16(22)19-11-5-3-2-4-6-11/h2-10,18H,1H3,(H2,17,21,23)(H2,19,20,22). The normalized spacial score (nSPS) is 13.2. The largest absolute Gasteiger partial charge is 0.359 e. The van der Waals surface area contributed by atoms with Crippen LogP contribution in [-0.4, -0.2) is 21.5 Å². The Hall–Kier alpha value is -3.00. The molecule has 124 valence electrons. The Morgan fingerprint density at radius 3 is 2.50 bits per heavy atom. The van der Waals surface area contributed by atoms with E-state index in [0.717, 1.165) is 10.9 Å². The predicted molar refractivity (Wildman–Crippen MR) is 97.8 cm³/mol. The second-order valence-electron chi connectivity index (χ2n) is 5.35. The van der Waals surface area contributed by atoms with Crippen LogP contribution in [0, 0.1) is 4.78 Å². The summed E-state index contributed by atoms with van der Waals surface area (Å²) in [5.41, 5.74) is 2.68. The van der Waals surface area contributed by atoms with Gasteiger partial charge in [-0.3, -0.25) is 4.72 Å². The zero-order valence-corrected chi connectivity index (χ0v) is 13.7. The van der Waals surface area contributed by atoms with Crippen molar-refractivity contribution in [3.05, 3.63) is 54.7 Å². The Bertz CT molecular complexity index is 980. The first-order valence-electron chi connectivity index (χ1n) is 7.16. The lowest BCUT2D eigenvalue weighted by Crippen LogP contribution is -2.19. The van der Waals surface area contributed by atoms with Crippen molar-refractivity contribution in [1.29, 1.82) is 4.78 Å². The molecule has 0 aliphatic heterocycles. The minimum atomic E-state index is -2.85. The molecular formula is C16H17N5O2S. The van der Waals surface area contributed by atoms with Gasteiger partial charge in [0, 0.05) is 34.7 Å². The fraction of sp³-hybridized carbons (Fsp3) is 0.0625. The highest BCUT2D eigenvalue weighted by Crippen LogP contribution is 2.26. The molecule has 3 rings (SSSR count). The molecule has 1 heterocycles. The van der Waals surface area contributed by atoms with E-state index in [2.05, 4.69) is 20.3 Å². The van der Waals surface area contributed by atoms with E-state index in [0.29, 0.717) is 17.1 Å². The van der Waals surface area contributed by atoms with Gasteiger partial charge in [0.05, 0.1) is 5.69 Å². The molecule has 7 nitrogen and oxygen atoms in total. The molecular weight excluding hydrogens is 326 g/mol. The number of nitrogens with one attached hydrogen (secondary N) is 5. The molecule has 1 aromatic heterocycles. The SMILES string of the molecule is CS(=N)(=O)Nc1c[nH]c2cc(NC(=O)Nc3ccccc3)ccc12. The van der Waals surface area contributed by atoms with Crippen LogP contribution in [0.3, 0.4) is 0 Å². The fourth-order valence-electron chi connectivity index (χ4n) is 2.31. The molecule has 0 spiro atoms. The van der Waals surface area contributed by atoms with Crippen molar-refractivity contribution in [3.63, 3.8) is 0 Å². The van der Waals surface area contributed by atoms with Crippen LogP contribution in [-0.2, 0) is 9.92 Å². The first-order valence-corrected chi connectivity index (χ1v) is 9.13. The third-order valence-corrected chi connectivity index (χ3v) is 3.89. The molecule has 24 heavy (non-hydrogen) atoms. The van der Waals surface area contributed by atoms with Crippen LogP contribution in [0.2, 0.25) is 0 Å². The van der Waals surface area contributed by atoms with Gasteiger partial charge in [0.15, 0.2) is 0 Å². The quantitative estimate of drug-likeness (QED) is 0.496. The van der Waals surface area contributed by atoms with E-state index < -0.39 is 9.92 Å². The summed E-state index contributed by atoms with van der Waals surface area (Å²) in [6.07, 6.45) is 2.96. The van der Waals surface area contributed by atoms with Crippen LogP contribution in [0.15, 0.2) is 54.7 Å². The Kier molecular flexibility index (Phi) is 4.13. The van der Waals surface area contributed by atoms with Gasteiger partial charge in [0.25, 0.3) is 0 Å². The molecule has 0 radical (unpaired) electrons. The highest BCUT2D eigenvalue weighted by molar-refractivity contribution is 7.93. The van der Waals surface area contributed by atoms with Crippen molar-refractivity contribution in [2.75, 3.05) is 21.6 Å². The van der Waals surface area contributed by atoms with Crippen LogP contribution in [0.1, 0.15) is 0 Å². The molecule has 1 unspecified atom stereocenters. The maximum Gasteiger partial charge on any atom is 0.323 e. The topological polar surface area (TPSA) is 110 Å². The van der Waals surface area contributed by atoms with Gasteiger partial charge in [-0.05, 0) is 30.3 Å². The number of carbonyl (C=O) groups excluding carboxylic acids is 1. The summed E-state index contributed by atoms with van der Waals surface area (Å²) in [6.45, 7) is 0. The lowest BCUT2D eigenvalue weighted by molar-refractivity contribution is 0.262. The number of carbonyl (C=O) groups is 1. The lowest BCUT2D eigenvalue weighted by Gasteiger charge is -2.08. The van der Waals surface area contributed by atoms with E-state index in [1.807, 2.05) is 18.2 Å². The van der Waals surface area contributed by atoms with Gasteiger partial charge < -0.3 is 15.6 Å². The summed E-state index contributed by atoms with van der Waals surface area (Å²) in [5, 5.41) is 6.29. The van der Waals surface area contributed by atoms with E-state index in [4.69, 9.17) is 4.78 Å². The van der Waals surface area contributed by atoms with Gasteiger partial charge in [-0.1, -0.05) is 18.2 Å². The predicted octanol–water partition coefficient (Wildman–Crippen LogP) is 3.82. The third-order valence-electron chi connectivity index (χ3n) is 3.28. The van der Waals surface area contributed by atoms with E-state index in [1.54, 1.807) is 36.5 Å². The van der Waals surface area contributed by atoms with Gasteiger partial charge in [0.2, 0.25) is 0 Å². The number of H-pyrrole nitrogens is 1. The van der Waals surface area contributed by atoms with Gasteiger partial charge in [-0.2, -0.15) is 0 Å². The van der Waals surface area contributed by atoms with E-state index >= 15 is 0 Å². The van der Waals surface area contributed by atoms with Crippen LogP contribution in [0.5, 0.6) is 0 Å². The highest BCUT2D eigenvalue weighted by Gasteiger charge is 2.08. The zero-order valence-electron chi connectivity index (χ0n) is 12.9. The van der Waals surface area contributed by atoms with Crippen LogP contribution >= 0.6 is 0 Å². The first-order chi connectivity index (χ1) is 11.4. The summed E-state index contributed by atoms with van der Waals surface area (Å²) < 4.78 is 21.7. The number of urea groups is 1. The highest BCUT2D eigenvalue weighted by atomic mass is 32.2. The van der Waals surface area contributed by atoms with Crippen molar-refractivity contribution < 1.29 is 9.00 Å². The Balaban J connectivity index is 1.75. The number of amides is 2. The summed E-state index contributed by atoms with van der Waals surface area (Å²) in [6, 6.07) is 14.1. The van der Waals surface area contributed by atoms with E-state index in [1.165, 1.54) is 6.26 Å². The van der Waals surface area contributed by atoms with Crippen molar-refractivity contribution in [3.8, 4) is 0 Å². The molecule has 0 fully saturated rings. The summed E-state index contributed by atoms with van der Waals surface area (Å²) in [5.74, 6) is 0. The fourth-order valence-corrected chi connectivity index (χ4v) is 2.90. The van der Waals surface area contributed by atoms with Crippen molar-refractivity contribution >= 4 is 43.9 Å².